The van der Waals surface area contributed by atoms with E-state index >= 15 is 0 Å². The van der Waals surface area contributed by atoms with E-state index in [2.05, 4.69) is 53.2 Å². The van der Waals surface area contributed by atoms with Crippen LogP contribution in [0.2, 0.25) is 0 Å². The Kier molecular flexibility index (Phi) is 4.48. The predicted molar refractivity (Wildman–Crippen MR) is 74.8 cm³/mol. The van der Waals surface area contributed by atoms with Gasteiger partial charge < -0.3 is 4.42 Å². The highest BCUT2D eigenvalue weighted by Gasteiger charge is 2.06. The SMILES string of the molecule is [O-][Cl+3]([O-])([O-])[O-].c1cc[n+]2cc3ccc(-c4ccoc4)cc3cc2c1. The van der Waals surface area contributed by atoms with E-state index in [1.807, 2.05) is 12.1 Å². The summed E-state index contributed by atoms with van der Waals surface area (Å²) < 4.78 is 41.3. The molecule has 4 rings (SSSR count). The summed E-state index contributed by atoms with van der Waals surface area (Å²) in [6.07, 6.45) is 7.70. The fraction of sp³-hybridized carbons (Fsp3) is 0. The molecule has 0 amide bonds. The maximum absolute atomic E-state index is 8.49. The van der Waals surface area contributed by atoms with E-state index < -0.39 is 10.2 Å². The van der Waals surface area contributed by atoms with Crippen molar-refractivity contribution in [1.29, 1.82) is 0 Å². The topological polar surface area (TPSA) is 109 Å². The van der Waals surface area contributed by atoms with Crippen LogP contribution in [0.3, 0.4) is 0 Å². The average Bonchev–Trinajstić information content (AvgIpc) is 3.05. The Morgan fingerprint density at radius 2 is 1.62 bits per heavy atom. The zero-order valence-corrected chi connectivity index (χ0v) is 13.1. The molecule has 24 heavy (non-hydrogen) atoms. The first kappa shape index (κ1) is 16.4. The van der Waals surface area contributed by atoms with Crippen LogP contribution in [0.25, 0.3) is 27.4 Å². The van der Waals surface area contributed by atoms with Crippen molar-refractivity contribution in [3.8, 4) is 11.1 Å². The highest BCUT2D eigenvalue weighted by atomic mass is 35.7. The summed E-state index contributed by atoms with van der Waals surface area (Å²) in [7, 11) is -4.94. The van der Waals surface area contributed by atoms with Crippen LogP contribution in [0.15, 0.2) is 77.9 Å². The van der Waals surface area contributed by atoms with Crippen molar-refractivity contribution in [2.24, 2.45) is 0 Å². The second kappa shape index (κ2) is 6.56. The Labute approximate surface area is 139 Å². The monoisotopic (exact) mass is 345 g/mol. The summed E-state index contributed by atoms with van der Waals surface area (Å²) in [4.78, 5) is 0. The quantitative estimate of drug-likeness (QED) is 0.327. The lowest BCUT2D eigenvalue weighted by atomic mass is 10.0. The molecule has 0 aliphatic carbocycles. The predicted octanol–water partition coefficient (Wildman–Crippen LogP) is -0.917. The van der Waals surface area contributed by atoms with Crippen molar-refractivity contribution < 1.29 is 37.7 Å². The van der Waals surface area contributed by atoms with E-state index in [-0.39, 0.29) is 0 Å². The number of hydrogen-bond acceptors (Lipinski definition) is 5. The average molecular weight is 346 g/mol. The molecule has 3 aromatic heterocycles. The number of hydrogen-bond donors (Lipinski definition) is 0. The van der Waals surface area contributed by atoms with Crippen LogP contribution in [0.5, 0.6) is 0 Å². The van der Waals surface area contributed by atoms with Crippen LogP contribution >= 0.6 is 0 Å². The molecule has 0 unspecified atom stereocenters. The number of halogens is 1. The minimum absolute atomic E-state index is 1.11. The van der Waals surface area contributed by atoms with Crippen LogP contribution in [0.1, 0.15) is 0 Å². The van der Waals surface area contributed by atoms with Crippen LogP contribution in [0, 0.1) is 10.2 Å². The molecule has 3 heterocycles. The third-order valence-corrected chi connectivity index (χ3v) is 3.45. The zero-order chi connectivity index (χ0) is 17.2. The second-order valence-corrected chi connectivity index (χ2v) is 5.80. The van der Waals surface area contributed by atoms with Crippen molar-refractivity contribution in [1.82, 2.24) is 0 Å². The Morgan fingerprint density at radius 3 is 2.33 bits per heavy atom. The van der Waals surface area contributed by atoms with Gasteiger partial charge >= 0.3 is 0 Å². The van der Waals surface area contributed by atoms with Crippen molar-refractivity contribution >= 4 is 16.3 Å². The van der Waals surface area contributed by atoms with E-state index in [0.29, 0.717) is 0 Å². The lowest BCUT2D eigenvalue weighted by Crippen LogP contribution is -2.68. The van der Waals surface area contributed by atoms with Crippen molar-refractivity contribution in [2.75, 3.05) is 0 Å². The number of benzene rings is 1. The van der Waals surface area contributed by atoms with E-state index in [9.17, 15) is 0 Å². The molecular formula is C17H12ClNO5. The number of furan rings is 1. The standard InChI is InChI=1S/C17H12NO.ClHO4/c1-2-7-18-11-14-5-4-13(15-6-8-19-12-15)9-16(14)10-17(18)3-1;2-1(3,4)5/h1-12H;(H,2,3,4,5)/q+1;/p-1. The van der Waals surface area contributed by atoms with Crippen LogP contribution in [-0.4, -0.2) is 0 Å². The molecule has 4 aromatic rings. The molecule has 0 spiro atoms. The van der Waals surface area contributed by atoms with Crippen molar-refractivity contribution in [3.63, 3.8) is 0 Å². The van der Waals surface area contributed by atoms with Gasteiger partial charge in [-0.15, -0.1) is 10.2 Å². The molecule has 0 radical (unpaired) electrons. The van der Waals surface area contributed by atoms with Gasteiger partial charge in [-0.25, -0.2) is 18.6 Å². The minimum atomic E-state index is -4.94. The normalized spacial score (nSPS) is 11.3. The molecule has 0 N–H and O–H groups in total. The molecule has 0 saturated carbocycles. The van der Waals surface area contributed by atoms with Crippen LogP contribution in [0.4, 0.5) is 0 Å². The van der Waals surface area contributed by atoms with Gasteiger partial charge in [0.25, 0.3) is 0 Å². The molecule has 0 aliphatic rings. The molecule has 0 atom stereocenters. The van der Waals surface area contributed by atoms with Gasteiger partial charge in [-0.05, 0) is 35.2 Å². The van der Waals surface area contributed by atoms with Gasteiger partial charge in [0.1, 0.15) is 0 Å². The molecule has 1 aromatic carbocycles. The third-order valence-electron chi connectivity index (χ3n) is 3.45. The van der Waals surface area contributed by atoms with E-state index in [1.165, 1.54) is 21.9 Å². The first-order valence-electron chi connectivity index (χ1n) is 6.88. The van der Waals surface area contributed by atoms with Crippen LogP contribution in [-0.2, 0) is 0 Å². The number of nitrogens with zero attached hydrogens (tertiary/aromatic N) is 1. The Balaban J connectivity index is 0.000000300. The van der Waals surface area contributed by atoms with Gasteiger partial charge in [0.05, 0.1) is 12.5 Å². The summed E-state index contributed by atoms with van der Waals surface area (Å²) in [6, 6.07) is 16.9. The second-order valence-electron chi connectivity index (χ2n) is 5.04. The summed E-state index contributed by atoms with van der Waals surface area (Å²) in [6.45, 7) is 0. The van der Waals surface area contributed by atoms with Crippen molar-refractivity contribution in [2.45, 2.75) is 0 Å². The molecule has 0 saturated heterocycles. The van der Waals surface area contributed by atoms with Crippen molar-refractivity contribution in [3.05, 3.63) is 73.5 Å². The maximum atomic E-state index is 8.49. The number of pyridine rings is 2. The van der Waals surface area contributed by atoms with E-state index in [0.717, 1.165) is 5.56 Å². The summed E-state index contributed by atoms with van der Waals surface area (Å²) >= 11 is 0. The Hall–Kier alpha value is -2.48. The lowest BCUT2D eigenvalue weighted by molar-refractivity contribution is -2.00. The largest absolute Gasteiger partial charge is 0.472 e. The minimum Gasteiger partial charge on any atom is -0.472 e. The highest BCUT2D eigenvalue weighted by Crippen LogP contribution is 2.24. The van der Waals surface area contributed by atoms with E-state index in [1.54, 1.807) is 12.5 Å². The summed E-state index contributed by atoms with van der Waals surface area (Å²) in [5.74, 6) is 0. The van der Waals surface area contributed by atoms with Gasteiger partial charge in [-0.2, -0.15) is 4.40 Å². The fourth-order valence-corrected chi connectivity index (χ4v) is 2.44. The molecule has 0 aliphatic heterocycles. The molecule has 0 bridgehead atoms. The molecular weight excluding hydrogens is 334 g/mol. The summed E-state index contributed by atoms with van der Waals surface area (Å²) in [5, 5.41) is 2.47. The highest BCUT2D eigenvalue weighted by molar-refractivity contribution is 5.88. The van der Waals surface area contributed by atoms with Gasteiger partial charge in [0.15, 0.2) is 12.4 Å². The molecule has 122 valence electrons. The van der Waals surface area contributed by atoms with Gasteiger partial charge in [0, 0.05) is 29.1 Å². The van der Waals surface area contributed by atoms with Gasteiger partial charge in [0.2, 0.25) is 5.52 Å². The zero-order valence-electron chi connectivity index (χ0n) is 12.3. The fourth-order valence-electron chi connectivity index (χ4n) is 2.44. The molecule has 6 nitrogen and oxygen atoms in total. The number of aromatic nitrogens is 1. The van der Waals surface area contributed by atoms with Gasteiger partial charge in [-0.1, -0.05) is 6.07 Å². The van der Waals surface area contributed by atoms with Gasteiger partial charge in [-0.3, -0.25) is 0 Å². The third kappa shape index (κ3) is 4.08. The molecule has 0 fully saturated rings. The Bertz CT molecular complexity index is 958. The maximum Gasteiger partial charge on any atom is 0.211 e. The lowest BCUT2D eigenvalue weighted by Gasteiger charge is -2.17. The first-order valence-corrected chi connectivity index (χ1v) is 8.12. The first-order chi connectivity index (χ1) is 11.4. The Morgan fingerprint density at radius 1 is 0.833 bits per heavy atom. The number of rotatable bonds is 1. The number of fused-ring (bicyclic) bond motifs is 2. The smallest absolute Gasteiger partial charge is 0.211 e. The molecule has 7 heteroatoms. The van der Waals surface area contributed by atoms with Crippen LogP contribution < -0.4 is 23.0 Å². The van der Waals surface area contributed by atoms with E-state index in [4.69, 9.17) is 23.1 Å². The summed E-state index contributed by atoms with van der Waals surface area (Å²) in [5.41, 5.74) is 3.49.